The summed E-state index contributed by atoms with van der Waals surface area (Å²) in [6, 6.07) is 6.13. The first-order valence-electron chi connectivity index (χ1n) is 6.87. The number of hydrogen-bond donors (Lipinski definition) is 1. The van der Waals surface area contributed by atoms with Crippen molar-refractivity contribution in [3.05, 3.63) is 29.8 Å². The molecule has 0 aliphatic carbocycles. The van der Waals surface area contributed by atoms with Crippen molar-refractivity contribution in [1.29, 1.82) is 0 Å². The molecular formula is C16H17N3O3. The van der Waals surface area contributed by atoms with E-state index in [1.54, 1.807) is 19.1 Å². The van der Waals surface area contributed by atoms with Crippen molar-refractivity contribution in [2.24, 2.45) is 0 Å². The predicted molar refractivity (Wildman–Crippen MR) is 82.1 cm³/mol. The molecule has 114 valence electrons. The Labute approximate surface area is 129 Å². The molecule has 4 amide bonds. The first-order chi connectivity index (χ1) is 10.5. The molecule has 1 aliphatic heterocycles. The average Bonchev–Trinajstić information content (AvgIpc) is 2.70. The van der Waals surface area contributed by atoms with Crippen LogP contribution in [0, 0.1) is 19.3 Å². The summed E-state index contributed by atoms with van der Waals surface area (Å²) in [5, 5.41) is 2.44. The average molecular weight is 299 g/mol. The van der Waals surface area contributed by atoms with Crippen LogP contribution < -0.4 is 10.2 Å². The molecular weight excluding hydrogens is 282 g/mol. The minimum absolute atomic E-state index is 0.0618. The maximum absolute atomic E-state index is 12.4. The van der Waals surface area contributed by atoms with E-state index in [1.807, 2.05) is 19.1 Å². The maximum Gasteiger partial charge on any atom is 0.332 e. The van der Waals surface area contributed by atoms with Crippen LogP contribution in [0.5, 0.6) is 0 Å². The highest BCUT2D eigenvalue weighted by atomic mass is 16.2. The number of terminal acetylenes is 1. The zero-order valence-corrected chi connectivity index (χ0v) is 12.5. The van der Waals surface area contributed by atoms with E-state index in [4.69, 9.17) is 6.42 Å². The van der Waals surface area contributed by atoms with Crippen LogP contribution in [0.2, 0.25) is 0 Å². The Morgan fingerprint density at radius 1 is 1.32 bits per heavy atom. The van der Waals surface area contributed by atoms with Crippen molar-refractivity contribution in [3.63, 3.8) is 0 Å². The number of imide groups is 1. The summed E-state index contributed by atoms with van der Waals surface area (Å²) >= 11 is 0. The van der Waals surface area contributed by atoms with Gasteiger partial charge in [-0.25, -0.2) is 4.79 Å². The second-order valence-corrected chi connectivity index (χ2v) is 5.07. The molecule has 0 bridgehead atoms. The van der Waals surface area contributed by atoms with E-state index in [-0.39, 0.29) is 13.1 Å². The highest BCUT2D eigenvalue weighted by Crippen LogP contribution is 2.25. The lowest BCUT2D eigenvalue weighted by Gasteiger charge is -2.19. The Hall–Kier alpha value is -2.81. The van der Waals surface area contributed by atoms with Gasteiger partial charge in [-0.05, 0) is 26.0 Å². The number of aryl methyl sites for hydroxylation is 1. The SMILES string of the molecule is C#CCNC(=O)CN1C(=O)[C@H](C)N(c2ccc(C)cc2)C1=O. The normalized spacial score (nSPS) is 17.6. The van der Waals surface area contributed by atoms with E-state index in [0.29, 0.717) is 5.69 Å². The van der Waals surface area contributed by atoms with Crippen LogP contribution in [0.4, 0.5) is 10.5 Å². The minimum Gasteiger partial charge on any atom is -0.344 e. The van der Waals surface area contributed by atoms with E-state index in [9.17, 15) is 14.4 Å². The summed E-state index contributed by atoms with van der Waals surface area (Å²) < 4.78 is 0. The lowest BCUT2D eigenvalue weighted by atomic mass is 10.2. The van der Waals surface area contributed by atoms with E-state index in [2.05, 4.69) is 11.2 Å². The lowest BCUT2D eigenvalue weighted by Crippen LogP contribution is -2.41. The molecule has 22 heavy (non-hydrogen) atoms. The number of carbonyl (C=O) groups excluding carboxylic acids is 3. The highest BCUT2D eigenvalue weighted by Gasteiger charge is 2.43. The molecule has 1 heterocycles. The molecule has 1 saturated heterocycles. The Morgan fingerprint density at radius 3 is 2.55 bits per heavy atom. The molecule has 6 nitrogen and oxygen atoms in total. The third-order valence-electron chi connectivity index (χ3n) is 3.45. The van der Waals surface area contributed by atoms with Gasteiger partial charge in [0, 0.05) is 5.69 Å². The van der Waals surface area contributed by atoms with Gasteiger partial charge < -0.3 is 5.32 Å². The molecule has 0 saturated carbocycles. The number of amides is 4. The number of rotatable bonds is 4. The summed E-state index contributed by atoms with van der Waals surface area (Å²) in [5.74, 6) is 1.40. The molecule has 6 heteroatoms. The van der Waals surface area contributed by atoms with Crippen molar-refractivity contribution in [1.82, 2.24) is 10.2 Å². The van der Waals surface area contributed by atoms with Gasteiger partial charge in [0.15, 0.2) is 0 Å². The third-order valence-corrected chi connectivity index (χ3v) is 3.45. The van der Waals surface area contributed by atoms with Crippen LogP contribution in [-0.4, -0.2) is 41.9 Å². The van der Waals surface area contributed by atoms with E-state index in [1.165, 1.54) is 4.90 Å². The highest BCUT2D eigenvalue weighted by molar-refractivity contribution is 6.15. The van der Waals surface area contributed by atoms with Gasteiger partial charge >= 0.3 is 6.03 Å². The van der Waals surface area contributed by atoms with Crippen molar-refractivity contribution in [2.45, 2.75) is 19.9 Å². The Bertz CT molecular complexity index is 646. The fraction of sp³-hybridized carbons (Fsp3) is 0.312. The molecule has 1 fully saturated rings. The van der Waals surface area contributed by atoms with Crippen LogP contribution in [0.1, 0.15) is 12.5 Å². The predicted octanol–water partition coefficient (Wildman–Crippen LogP) is 0.902. The number of carbonyl (C=O) groups is 3. The smallest absolute Gasteiger partial charge is 0.332 e. The third kappa shape index (κ3) is 2.93. The molecule has 1 aliphatic rings. The second kappa shape index (κ2) is 6.31. The largest absolute Gasteiger partial charge is 0.344 e. The number of nitrogens with one attached hydrogen (secondary N) is 1. The summed E-state index contributed by atoms with van der Waals surface area (Å²) in [6.07, 6.45) is 5.05. The van der Waals surface area contributed by atoms with Gasteiger partial charge in [0.2, 0.25) is 5.91 Å². The number of benzene rings is 1. The van der Waals surface area contributed by atoms with Gasteiger partial charge in [-0.3, -0.25) is 19.4 Å². The second-order valence-electron chi connectivity index (χ2n) is 5.07. The number of nitrogens with zero attached hydrogens (tertiary/aromatic N) is 2. The van der Waals surface area contributed by atoms with Crippen molar-refractivity contribution in [2.75, 3.05) is 18.0 Å². The van der Waals surface area contributed by atoms with E-state index < -0.39 is 23.9 Å². The topological polar surface area (TPSA) is 69.7 Å². The van der Waals surface area contributed by atoms with Crippen molar-refractivity contribution in [3.8, 4) is 12.3 Å². The van der Waals surface area contributed by atoms with Gasteiger partial charge in [0.25, 0.3) is 5.91 Å². The van der Waals surface area contributed by atoms with Gasteiger partial charge in [-0.1, -0.05) is 23.6 Å². The zero-order chi connectivity index (χ0) is 16.3. The Kier molecular flexibility index (Phi) is 4.47. The fourth-order valence-electron chi connectivity index (χ4n) is 2.26. The minimum atomic E-state index is -0.643. The molecule has 0 spiro atoms. The van der Waals surface area contributed by atoms with Gasteiger partial charge in [-0.15, -0.1) is 6.42 Å². The monoisotopic (exact) mass is 299 g/mol. The molecule has 1 atom stereocenters. The van der Waals surface area contributed by atoms with Crippen LogP contribution in [-0.2, 0) is 9.59 Å². The fourth-order valence-corrected chi connectivity index (χ4v) is 2.26. The first kappa shape index (κ1) is 15.6. The summed E-state index contributed by atoms with van der Waals surface area (Å²) in [6.45, 7) is 3.31. The molecule has 0 aromatic heterocycles. The van der Waals surface area contributed by atoms with Crippen LogP contribution >= 0.6 is 0 Å². The molecule has 1 aromatic carbocycles. The number of anilines is 1. The standard InChI is InChI=1S/C16H17N3O3/c1-4-9-17-14(20)10-18-15(21)12(3)19(16(18)22)13-7-5-11(2)6-8-13/h1,5-8,12H,9-10H2,2-3H3,(H,17,20)/t12-/m0/s1. The summed E-state index contributed by atoms with van der Waals surface area (Å²) in [4.78, 5) is 38.6. The summed E-state index contributed by atoms with van der Waals surface area (Å²) in [7, 11) is 0. The lowest BCUT2D eigenvalue weighted by molar-refractivity contribution is -0.131. The van der Waals surface area contributed by atoms with Crippen LogP contribution in [0.3, 0.4) is 0 Å². The molecule has 1 N–H and O–H groups in total. The molecule has 1 aromatic rings. The number of hydrogen-bond acceptors (Lipinski definition) is 3. The van der Waals surface area contributed by atoms with Crippen molar-refractivity contribution >= 4 is 23.5 Å². The maximum atomic E-state index is 12.4. The van der Waals surface area contributed by atoms with Gasteiger partial charge in [0.05, 0.1) is 6.54 Å². The van der Waals surface area contributed by atoms with E-state index >= 15 is 0 Å². The van der Waals surface area contributed by atoms with Crippen LogP contribution in [0.25, 0.3) is 0 Å². The molecule has 0 radical (unpaired) electrons. The van der Waals surface area contributed by atoms with Crippen LogP contribution in [0.15, 0.2) is 24.3 Å². The van der Waals surface area contributed by atoms with E-state index in [0.717, 1.165) is 10.5 Å². The Balaban J connectivity index is 2.17. The van der Waals surface area contributed by atoms with Gasteiger partial charge in [0.1, 0.15) is 12.6 Å². The first-order valence-corrected chi connectivity index (χ1v) is 6.87. The molecule has 0 unspecified atom stereocenters. The number of urea groups is 1. The van der Waals surface area contributed by atoms with Crippen molar-refractivity contribution < 1.29 is 14.4 Å². The quantitative estimate of drug-likeness (QED) is 0.663. The Morgan fingerprint density at radius 2 is 1.95 bits per heavy atom. The zero-order valence-electron chi connectivity index (χ0n) is 12.5. The molecule has 2 rings (SSSR count). The van der Waals surface area contributed by atoms with Gasteiger partial charge in [-0.2, -0.15) is 0 Å². The summed E-state index contributed by atoms with van der Waals surface area (Å²) in [5.41, 5.74) is 1.68.